The highest BCUT2D eigenvalue weighted by atomic mass is 28.3. The molecule has 1 nitrogen and oxygen atoms in total. The lowest BCUT2D eigenvalue weighted by Gasteiger charge is -2.28. The average molecular weight is 270 g/mol. The lowest BCUT2D eigenvalue weighted by molar-refractivity contribution is 0.366. The molecule has 0 unspecified atom stereocenters. The Morgan fingerprint density at radius 1 is 1.32 bits per heavy atom. The maximum Gasteiger partial charge on any atom is 0.119 e. The Morgan fingerprint density at radius 2 is 2.05 bits per heavy atom. The smallest absolute Gasteiger partial charge is 0.119 e. The molecule has 0 saturated heterocycles. The second-order valence-corrected chi connectivity index (χ2v) is 9.88. The summed E-state index contributed by atoms with van der Waals surface area (Å²) in [6.07, 6.45) is 7.41. The third kappa shape index (κ3) is 2.74. The fourth-order valence-corrected chi connectivity index (χ4v) is 6.09. The minimum absolute atomic E-state index is 0.567. The summed E-state index contributed by atoms with van der Waals surface area (Å²) in [5.41, 5.74) is 1.44. The van der Waals surface area contributed by atoms with Gasteiger partial charge in [0.2, 0.25) is 0 Å². The van der Waals surface area contributed by atoms with E-state index in [0.717, 1.165) is 12.2 Å². The molecule has 0 N–H and O–H groups in total. The van der Waals surface area contributed by atoms with E-state index in [1.165, 1.54) is 10.8 Å². The standard InChI is InChI=1S/C17H22OSi/c1-5-13-18-15-10-6-7-11-17(15)19(3,4)16-12-8-9-14(16)2/h5-11H,1,12-13H2,2-4H3. The number of para-hydroxylation sites is 1. The van der Waals surface area contributed by atoms with Gasteiger partial charge in [-0.05, 0) is 24.6 Å². The van der Waals surface area contributed by atoms with Crippen LogP contribution in [0.3, 0.4) is 0 Å². The fraction of sp³-hybridized carbons (Fsp3) is 0.294. The molecule has 0 saturated carbocycles. The molecule has 0 radical (unpaired) electrons. The van der Waals surface area contributed by atoms with E-state index in [1.54, 1.807) is 11.3 Å². The third-order valence-electron chi connectivity index (χ3n) is 3.84. The minimum atomic E-state index is -1.65. The molecule has 19 heavy (non-hydrogen) atoms. The Bertz CT molecular complexity index is 538. The Balaban J connectivity index is 2.40. The molecule has 2 heteroatoms. The Hall–Kier alpha value is -1.54. The van der Waals surface area contributed by atoms with Crippen molar-refractivity contribution in [2.24, 2.45) is 0 Å². The minimum Gasteiger partial charge on any atom is -0.490 e. The quantitative estimate of drug-likeness (QED) is 0.581. The van der Waals surface area contributed by atoms with Crippen LogP contribution in [-0.2, 0) is 0 Å². The van der Waals surface area contributed by atoms with Crippen molar-refractivity contribution in [1.29, 1.82) is 0 Å². The first-order chi connectivity index (χ1) is 9.07. The van der Waals surface area contributed by atoms with Crippen molar-refractivity contribution in [2.75, 3.05) is 6.61 Å². The number of hydrogen-bond donors (Lipinski definition) is 0. The average Bonchev–Trinajstić information content (AvgIpc) is 2.83. The van der Waals surface area contributed by atoms with Crippen LogP contribution in [0.2, 0.25) is 13.1 Å². The summed E-state index contributed by atoms with van der Waals surface area (Å²) in [4.78, 5) is 0. The van der Waals surface area contributed by atoms with Crippen molar-refractivity contribution in [3.05, 3.63) is 59.8 Å². The second-order valence-electron chi connectivity index (χ2n) is 5.49. The highest BCUT2D eigenvalue weighted by molar-refractivity contribution is 6.96. The lowest BCUT2D eigenvalue weighted by atomic mass is 10.3. The van der Waals surface area contributed by atoms with Gasteiger partial charge < -0.3 is 4.74 Å². The first kappa shape index (κ1) is 13.9. The van der Waals surface area contributed by atoms with Gasteiger partial charge in [-0.2, -0.15) is 0 Å². The molecule has 0 atom stereocenters. The topological polar surface area (TPSA) is 9.23 Å². The Labute approximate surface area is 117 Å². The summed E-state index contributed by atoms with van der Waals surface area (Å²) in [5, 5.41) is 3.00. The van der Waals surface area contributed by atoms with Gasteiger partial charge in [-0.3, -0.25) is 0 Å². The lowest BCUT2D eigenvalue weighted by Crippen LogP contribution is -2.44. The van der Waals surface area contributed by atoms with Crippen molar-refractivity contribution in [1.82, 2.24) is 0 Å². The zero-order chi connectivity index (χ0) is 13.9. The third-order valence-corrected chi connectivity index (χ3v) is 7.70. The Kier molecular flexibility index (Phi) is 4.10. The van der Waals surface area contributed by atoms with Crippen molar-refractivity contribution >= 4 is 13.3 Å². The molecule has 1 aromatic rings. The largest absolute Gasteiger partial charge is 0.490 e. The summed E-state index contributed by atoms with van der Waals surface area (Å²) < 4.78 is 5.84. The van der Waals surface area contributed by atoms with Crippen LogP contribution in [0.1, 0.15) is 13.3 Å². The first-order valence-corrected chi connectivity index (χ1v) is 9.77. The summed E-state index contributed by atoms with van der Waals surface area (Å²) >= 11 is 0. The molecule has 0 aliphatic heterocycles. The van der Waals surface area contributed by atoms with Crippen LogP contribution in [0.5, 0.6) is 5.75 Å². The van der Waals surface area contributed by atoms with Gasteiger partial charge in [0.15, 0.2) is 0 Å². The number of hydrogen-bond acceptors (Lipinski definition) is 1. The monoisotopic (exact) mass is 270 g/mol. The first-order valence-electron chi connectivity index (χ1n) is 6.77. The molecule has 0 aromatic heterocycles. The van der Waals surface area contributed by atoms with Crippen LogP contribution in [0.25, 0.3) is 0 Å². The SMILES string of the molecule is C=CCOc1ccccc1[Si](C)(C)C1=C(C)C=CC1. The molecule has 0 fully saturated rings. The zero-order valence-electron chi connectivity index (χ0n) is 12.1. The number of allylic oxidation sites excluding steroid dienone is 4. The molecular weight excluding hydrogens is 248 g/mol. The van der Waals surface area contributed by atoms with Gasteiger partial charge in [-0.1, -0.05) is 66.9 Å². The number of ether oxygens (including phenoxy) is 1. The van der Waals surface area contributed by atoms with Crippen LogP contribution in [0.4, 0.5) is 0 Å². The zero-order valence-corrected chi connectivity index (χ0v) is 13.1. The van der Waals surface area contributed by atoms with Crippen LogP contribution >= 0.6 is 0 Å². The molecule has 0 spiro atoms. The van der Waals surface area contributed by atoms with Gasteiger partial charge in [0, 0.05) is 0 Å². The molecule has 100 valence electrons. The van der Waals surface area contributed by atoms with E-state index in [0.29, 0.717) is 6.61 Å². The summed E-state index contributed by atoms with van der Waals surface area (Å²) in [6, 6.07) is 8.46. The maximum absolute atomic E-state index is 5.84. The molecule has 0 heterocycles. The highest BCUT2D eigenvalue weighted by Crippen LogP contribution is 2.29. The molecule has 1 aliphatic carbocycles. The van der Waals surface area contributed by atoms with Gasteiger partial charge in [-0.25, -0.2) is 0 Å². The van der Waals surface area contributed by atoms with Gasteiger partial charge in [0.25, 0.3) is 0 Å². The van der Waals surface area contributed by atoms with Gasteiger partial charge in [-0.15, -0.1) is 0 Å². The molecular formula is C17H22OSi. The van der Waals surface area contributed by atoms with E-state index in [4.69, 9.17) is 4.74 Å². The summed E-state index contributed by atoms with van der Waals surface area (Å²) in [7, 11) is -1.65. The number of rotatable bonds is 5. The van der Waals surface area contributed by atoms with Crippen molar-refractivity contribution in [3.8, 4) is 5.75 Å². The van der Waals surface area contributed by atoms with Crippen molar-refractivity contribution < 1.29 is 4.74 Å². The molecule has 1 aromatic carbocycles. The van der Waals surface area contributed by atoms with Crippen LogP contribution < -0.4 is 9.92 Å². The molecule has 1 aliphatic rings. The molecule has 2 rings (SSSR count). The molecule has 0 bridgehead atoms. The number of benzene rings is 1. The van der Waals surface area contributed by atoms with E-state index in [1.807, 2.05) is 6.07 Å². The van der Waals surface area contributed by atoms with Gasteiger partial charge in [0.05, 0.1) is 0 Å². The van der Waals surface area contributed by atoms with Crippen molar-refractivity contribution in [2.45, 2.75) is 26.4 Å². The second kappa shape index (κ2) is 5.62. The summed E-state index contributed by atoms with van der Waals surface area (Å²) in [6.45, 7) is 11.3. The normalized spacial score (nSPS) is 14.9. The van der Waals surface area contributed by atoms with E-state index in [2.05, 4.69) is 56.9 Å². The fourth-order valence-electron chi connectivity index (χ4n) is 2.78. The predicted octanol–water partition coefficient (Wildman–Crippen LogP) is 3.98. The van der Waals surface area contributed by atoms with E-state index >= 15 is 0 Å². The van der Waals surface area contributed by atoms with E-state index in [9.17, 15) is 0 Å². The molecule has 0 amide bonds. The van der Waals surface area contributed by atoms with Gasteiger partial charge >= 0.3 is 0 Å². The predicted molar refractivity (Wildman–Crippen MR) is 85.7 cm³/mol. The van der Waals surface area contributed by atoms with E-state index < -0.39 is 8.07 Å². The van der Waals surface area contributed by atoms with Crippen LogP contribution in [-0.4, -0.2) is 14.7 Å². The highest BCUT2D eigenvalue weighted by Gasteiger charge is 2.32. The van der Waals surface area contributed by atoms with E-state index in [-0.39, 0.29) is 0 Å². The van der Waals surface area contributed by atoms with Crippen LogP contribution in [0.15, 0.2) is 59.8 Å². The Morgan fingerprint density at radius 3 is 2.68 bits per heavy atom. The van der Waals surface area contributed by atoms with Gasteiger partial charge in [0.1, 0.15) is 20.4 Å². The summed E-state index contributed by atoms with van der Waals surface area (Å²) in [5.74, 6) is 1.02. The maximum atomic E-state index is 5.84. The van der Waals surface area contributed by atoms with Crippen LogP contribution in [0, 0.1) is 0 Å². The van der Waals surface area contributed by atoms with Crippen molar-refractivity contribution in [3.63, 3.8) is 0 Å².